The van der Waals surface area contributed by atoms with E-state index >= 15 is 0 Å². The van der Waals surface area contributed by atoms with Crippen molar-refractivity contribution < 1.29 is 4.79 Å². The highest BCUT2D eigenvalue weighted by atomic mass is 16.2. The SMILES string of the molecule is CCCN(CC(=O)NCc1c(C)nn(Cc2ccccc2)c1C)CC1CC1. The van der Waals surface area contributed by atoms with Gasteiger partial charge in [0.1, 0.15) is 0 Å². The number of aromatic nitrogens is 2. The third-order valence-electron chi connectivity index (χ3n) is 5.29. The second-order valence-corrected chi connectivity index (χ2v) is 7.75. The van der Waals surface area contributed by atoms with Gasteiger partial charge in [-0.25, -0.2) is 0 Å². The lowest BCUT2D eigenvalue weighted by Gasteiger charge is -2.20. The summed E-state index contributed by atoms with van der Waals surface area (Å²) in [6, 6.07) is 10.3. The van der Waals surface area contributed by atoms with Gasteiger partial charge in [-0.3, -0.25) is 14.4 Å². The van der Waals surface area contributed by atoms with Gasteiger partial charge in [0.15, 0.2) is 0 Å². The largest absolute Gasteiger partial charge is 0.351 e. The Bertz CT molecular complexity index is 749. The van der Waals surface area contributed by atoms with Crippen LogP contribution in [0, 0.1) is 19.8 Å². The van der Waals surface area contributed by atoms with Crippen molar-refractivity contribution in [1.82, 2.24) is 20.0 Å². The minimum atomic E-state index is 0.110. The van der Waals surface area contributed by atoms with Gasteiger partial charge in [0, 0.05) is 24.3 Å². The fourth-order valence-electron chi connectivity index (χ4n) is 3.56. The Kier molecular flexibility index (Phi) is 6.67. The summed E-state index contributed by atoms with van der Waals surface area (Å²) >= 11 is 0. The van der Waals surface area contributed by atoms with Gasteiger partial charge in [0.25, 0.3) is 0 Å². The molecule has 5 heteroatoms. The summed E-state index contributed by atoms with van der Waals surface area (Å²) in [7, 11) is 0. The number of hydrogen-bond acceptors (Lipinski definition) is 3. The molecule has 0 radical (unpaired) electrons. The second kappa shape index (κ2) is 9.18. The standard InChI is InChI=1S/C22H32N4O/c1-4-12-25(14-20-10-11-20)16-22(27)23-13-21-17(2)24-26(18(21)3)15-19-8-6-5-7-9-19/h5-9,20H,4,10-16H2,1-3H3,(H,23,27). The zero-order valence-corrected chi connectivity index (χ0v) is 16.9. The highest BCUT2D eigenvalue weighted by Crippen LogP contribution is 2.29. The lowest BCUT2D eigenvalue weighted by atomic mass is 10.2. The number of aryl methyl sites for hydroxylation is 1. The maximum atomic E-state index is 12.4. The molecule has 1 aromatic carbocycles. The van der Waals surface area contributed by atoms with Crippen molar-refractivity contribution in [2.45, 2.75) is 53.1 Å². The lowest BCUT2D eigenvalue weighted by Crippen LogP contribution is -2.38. The van der Waals surface area contributed by atoms with Crippen molar-refractivity contribution in [3.05, 3.63) is 52.8 Å². The number of amides is 1. The molecule has 1 heterocycles. The van der Waals surface area contributed by atoms with Gasteiger partial charge >= 0.3 is 0 Å². The highest BCUT2D eigenvalue weighted by Gasteiger charge is 2.25. The van der Waals surface area contributed by atoms with E-state index in [9.17, 15) is 4.79 Å². The molecule has 0 saturated heterocycles. The Balaban J connectivity index is 1.56. The molecule has 2 aromatic rings. The molecule has 0 atom stereocenters. The first-order chi connectivity index (χ1) is 13.1. The van der Waals surface area contributed by atoms with Gasteiger partial charge in [-0.2, -0.15) is 5.10 Å². The maximum absolute atomic E-state index is 12.4. The van der Waals surface area contributed by atoms with Crippen LogP contribution < -0.4 is 5.32 Å². The molecule has 1 amide bonds. The van der Waals surface area contributed by atoms with Gasteiger partial charge in [-0.1, -0.05) is 37.3 Å². The summed E-state index contributed by atoms with van der Waals surface area (Å²) in [6.45, 7) is 10.1. The van der Waals surface area contributed by atoms with E-state index in [2.05, 4.69) is 41.3 Å². The minimum absolute atomic E-state index is 0.110. The lowest BCUT2D eigenvalue weighted by molar-refractivity contribution is -0.122. The minimum Gasteiger partial charge on any atom is -0.351 e. The van der Waals surface area contributed by atoms with Crippen LogP contribution in [0.15, 0.2) is 30.3 Å². The third kappa shape index (κ3) is 5.67. The zero-order chi connectivity index (χ0) is 19.2. The predicted octanol–water partition coefficient (Wildman–Crippen LogP) is 3.29. The van der Waals surface area contributed by atoms with Gasteiger partial charge in [0.2, 0.25) is 5.91 Å². The predicted molar refractivity (Wildman–Crippen MR) is 109 cm³/mol. The molecule has 0 spiro atoms. The Morgan fingerprint density at radius 1 is 1.26 bits per heavy atom. The van der Waals surface area contributed by atoms with Crippen molar-refractivity contribution in [2.75, 3.05) is 19.6 Å². The van der Waals surface area contributed by atoms with Crippen molar-refractivity contribution >= 4 is 5.91 Å². The van der Waals surface area contributed by atoms with E-state index in [1.165, 1.54) is 18.4 Å². The third-order valence-corrected chi connectivity index (χ3v) is 5.29. The fourth-order valence-corrected chi connectivity index (χ4v) is 3.56. The molecule has 146 valence electrons. The summed E-state index contributed by atoms with van der Waals surface area (Å²) in [6.07, 6.45) is 3.73. The summed E-state index contributed by atoms with van der Waals surface area (Å²) < 4.78 is 2.03. The summed E-state index contributed by atoms with van der Waals surface area (Å²) in [5, 5.41) is 7.78. The number of carbonyl (C=O) groups is 1. The second-order valence-electron chi connectivity index (χ2n) is 7.75. The molecule has 5 nitrogen and oxygen atoms in total. The van der Waals surface area contributed by atoms with Crippen LogP contribution in [0.2, 0.25) is 0 Å². The van der Waals surface area contributed by atoms with Crippen LogP contribution in [0.25, 0.3) is 0 Å². The van der Waals surface area contributed by atoms with Gasteiger partial charge in [-0.05, 0) is 51.1 Å². The first kappa shape index (κ1) is 19.6. The molecular weight excluding hydrogens is 336 g/mol. The number of benzene rings is 1. The van der Waals surface area contributed by atoms with Gasteiger partial charge in [-0.15, -0.1) is 0 Å². The van der Waals surface area contributed by atoms with E-state index in [1.54, 1.807) is 0 Å². The van der Waals surface area contributed by atoms with Crippen LogP contribution in [0.5, 0.6) is 0 Å². The molecule has 27 heavy (non-hydrogen) atoms. The summed E-state index contributed by atoms with van der Waals surface area (Å²) in [5.74, 6) is 0.920. The van der Waals surface area contributed by atoms with E-state index in [0.717, 1.165) is 48.9 Å². The number of nitrogens with zero attached hydrogens (tertiary/aromatic N) is 3. The quantitative estimate of drug-likeness (QED) is 0.700. The summed E-state index contributed by atoms with van der Waals surface area (Å²) in [5.41, 5.74) is 4.48. The fraction of sp³-hybridized carbons (Fsp3) is 0.545. The molecule has 1 N–H and O–H groups in total. The topological polar surface area (TPSA) is 50.2 Å². The van der Waals surface area contributed by atoms with Crippen LogP contribution in [0.4, 0.5) is 0 Å². The first-order valence-corrected chi connectivity index (χ1v) is 10.1. The Morgan fingerprint density at radius 2 is 2.00 bits per heavy atom. The molecule has 0 unspecified atom stereocenters. The number of carbonyl (C=O) groups excluding carboxylic acids is 1. The molecule has 0 aliphatic heterocycles. The van der Waals surface area contributed by atoms with Crippen molar-refractivity contribution in [3.63, 3.8) is 0 Å². The van der Waals surface area contributed by atoms with E-state index in [1.807, 2.05) is 29.8 Å². The monoisotopic (exact) mass is 368 g/mol. The smallest absolute Gasteiger partial charge is 0.234 e. The highest BCUT2D eigenvalue weighted by molar-refractivity contribution is 5.78. The van der Waals surface area contributed by atoms with E-state index in [0.29, 0.717) is 13.1 Å². The van der Waals surface area contributed by atoms with Gasteiger partial charge < -0.3 is 5.32 Å². The molecule has 1 saturated carbocycles. The van der Waals surface area contributed by atoms with Crippen LogP contribution in [-0.2, 0) is 17.9 Å². The zero-order valence-electron chi connectivity index (χ0n) is 16.9. The van der Waals surface area contributed by atoms with Crippen molar-refractivity contribution in [1.29, 1.82) is 0 Å². The Labute approximate surface area is 162 Å². The normalized spacial score (nSPS) is 13.9. The number of nitrogens with one attached hydrogen (secondary N) is 1. The number of rotatable bonds is 10. The van der Waals surface area contributed by atoms with Crippen molar-refractivity contribution in [3.8, 4) is 0 Å². The average molecular weight is 369 g/mol. The van der Waals surface area contributed by atoms with Crippen LogP contribution in [0.3, 0.4) is 0 Å². The number of hydrogen-bond donors (Lipinski definition) is 1. The molecule has 1 aromatic heterocycles. The van der Waals surface area contributed by atoms with Crippen LogP contribution >= 0.6 is 0 Å². The molecule has 1 aliphatic carbocycles. The first-order valence-electron chi connectivity index (χ1n) is 10.1. The maximum Gasteiger partial charge on any atom is 0.234 e. The van der Waals surface area contributed by atoms with Gasteiger partial charge in [0.05, 0.1) is 18.8 Å². The average Bonchev–Trinajstić information content (AvgIpc) is 3.41. The molecule has 1 fully saturated rings. The Hall–Kier alpha value is -2.14. The molecular formula is C22H32N4O. The van der Waals surface area contributed by atoms with E-state index in [4.69, 9.17) is 0 Å². The van der Waals surface area contributed by atoms with E-state index < -0.39 is 0 Å². The van der Waals surface area contributed by atoms with E-state index in [-0.39, 0.29) is 5.91 Å². The van der Waals surface area contributed by atoms with Crippen LogP contribution in [-0.4, -0.2) is 40.2 Å². The molecule has 1 aliphatic rings. The van der Waals surface area contributed by atoms with Crippen LogP contribution in [0.1, 0.15) is 48.7 Å². The summed E-state index contributed by atoms with van der Waals surface area (Å²) in [4.78, 5) is 14.7. The van der Waals surface area contributed by atoms with Crippen molar-refractivity contribution in [2.24, 2.45) is 5.92 Å². The Morgan fingerprint density at radius 3 is 2.67 bits per heavy atom. The molecule has 0 bridgehead atoms. The molecule has 3 rings (SSSR count).